The first-order chi connectivity index (χ1) is 11.3. The predicted molar refractivity (Wildman–Crippen MR) is 144 cm³/mol. The Morgan fingerprint density at radius 1 is 0.360 bits per heavy atom. The van der Waals surface area contributed by atoms with E-state index >= 15 is 0 Å². The van der Waals surface area contributed by atoms with E-state index in [1.165, 1.54) is 0 Å². The maximum Gasteiger partial charge on any atom is 0 e. The minimum atomic E-state index is -0.918. The highest BCUT2D eigenvalue weighted by Crippen LogP contribution is 2.05. The fourth-order valence-corrected chi connectivity index (χ4v) is 3.08. The summed E-state index contributed by atoms with van der Waals surface area (Å²) in [6, 6.07) is 0. The van der Waals surface area contributed by atoms with Gasteiger partial charge in [-0.3, -0.25) is 0 Å². The van der Waals surface area contributed by atoms with Crippen LogP contribution in [0.5, 0.6) is 0 Å². The molecule has 0 saturated heterocycles. The van der Waals surface area contributed by atoms with Crippen molar-refractivity contribution in [3.05, 3.63) is 0 Å². The lowest BCUT2D eigenvalue weighted by Crippen LogP contribution is -2.79. The highest BCUT2D eigenvalue weighted by molar-refractivity contribution is 8.18. The summed E-state index contributed by atoms with van der Waals surface area (Å²) >= 11 is 0. The Labute approximate surface area is 177 Å². The molecule has 0 rings (SSSR count). The predicted octanol–water partition coefficient (Wildman–Crippen LogP) is -9.52. The van der Waals surface area contributed by atoms with E-state index in [1.807, 2.05) is 0 Å². The van der Waals surface area contributed by atoms with Gasteiger partial charge in [0.1, 0.15) is 0 Å². The normalized spacial score (nSPS) is 9.28. The first-order valence-electron chi connectivity index (χ1n) is 8.00. The number of rotatable bonds is 11. The molecular formula is B25. The molecule has 0 nitrogen and oxygen atoms in total. The molecule has 0 aromatic heterocycles. The van der Waals surface area contributed by atoms with Gasteiger partial charge in [0.25, 0.3) is 0 Å². The molecule has 25 heavy (non-hydrogen) atoms. The van der Waals surface area contributed by atoms with Crippen LogP contribution in [0.25, 0.3) is 0 Å². The van der Waals surface area contributed by atoms with Gasteiger partial charge >= 0.3 is 0 Å². The second-order valence-electron chi connectivity index (χ2n) is 6.54. The highest BCUT2D eigenvalue weighted by Gasteiger charge is 2.43. The van der Waals surface area contributed by atoms with Crippen molar-refractivity contribution in [1.29, 1.82) is 0 Å². The van der Waals surface area contributed by atoms with Crippen LogP contribution >= 0.6 is 0 Å². The zero-order chi connectivity index (χ0) is 20.1. The monoisotopic (exact) mass is 275 g/mol. The van der Waals surface area contributed by atoms with Crippen molar-refractivity contribution in [2.24, 2.45) is 0 Å². The standard InChI is InChI=1S/B25/c1-15(2)21(13)22(16(3)4)14-23(24(17(5)6)18(7)8)25(19(9)10)20(11)12. The lowest BCUT2D eigenvalue weighted by molar-refractivity contribution is 3.34. The molecule has 0 aromatic carbocycles. The molecule has 0 heterocycles. The highest BCUT2D eigenvalue weighted by atomic mass is 13.2. The lowest BCUT2D eigenvalue weighted by Gasteiger charge is -2.41. The molecule has 27 radical (unpaired) electrons. The zero-order valence-corrected chi connectivity index (χ0v) is 14.4. The van der Waals surface area contributed by atoms with E-state index in [0.717, 1.165) is 0 Å². The van der Waals surface area contributed by atoms with Gasteiger partial charge in [-0.05, 0) is 0 Å². The molecule has 0 aliphatic carbocycles. The number of hydrogen-bond donors (Lipinski definition) is 0. The Morgan fingerprint density at radius 2 is 0.680 bits per heavy atom. The Balaban J connectivity index is 5.92. The smallest absolute Gasteiger partial charge is 0 e. The molecule has 0 amide bonds. The van der Waals surface area contributed by atoms with Crippen molar-refractivity contribution in [3.63, 3.8) is 0 Å². The zero-order valence-electron chi connectivity index (χ0n) is 14.4. The van der Waals surface area contributed by atoms with Gasteiger partial charge in [0.05, 0.1) is 0 Å². The van der Waals surface area contributed by atoms with Crippen LogP contribution in [0.2, 0.25) is 0 Å². The molecule has 0 spiro atoms. The minimum absolute atomic E-state index is 0.635. The van der Waals surface area contributed by atoms with Crippen LogP contribution in [-0.2, 0) is 0 Å². The minimum Gasteiger partial charge on any atom is 0 e. The molecule has 0 fully saturated rings. The van der Waals surface area contributed by atoms with Gasteiger partial charge in [-0.15, -0.1) is 0 Å². The summed E-state index contributed by atoms with van der Waals surface area (Å²) < 4.78 is 0. The quantitative estimate of drug-likeness (QED) is 0.327. The first-order valence-corrected chi connectivity index (χ1v) is 8.00. The SMILES string of the molecule is [B]B([B])B([B])B([B]B(B(B([B])[B])B([B])[B])B(B([B])[B])B([B])[B])B([B])[B]. The van der Waals surface area contributed by atoms with E-state index in [4.69, 9.17) is 101 Å². The molecular weight excluding hydrogens is 270 g/mol. The summed E-state index contributed by atoms with van der Waals surface area (Å²) in [4.78, 5) is 0. The molecule has 0 saturated carbocycles. The van der Waals surface area contributed by atoms with Crippen LogP contribution in [0, 0.1) is 0 Å². The van der Waals surface area contributed by atoms with Crippen molar-refractivity contribution in [2.75, 3.05) is 0 Å². The average Bonchev–Trinajstić information content (AvgIpc) is 2.41. The van der Waals surface area contributed by atoms with Gasteiger partial charge in [-0.25, -0.2) is 0 Å². The van der Waals surface area contributed by atoms with Crippen molar-refractivity contribution in [1.82, 2.24) is 0 Å². The van der Waals surface area contributed by atoms with Gasteiger partial charge in [-0.1, -0.05) is 0 Å². The van der Waals surface area contributed by atoms with E-state index < -0.39 is 70.2 Å². The molecule has 0 N–H and O–H groups in total. The van der Waals surface area contributed by atoms with E-state index in [1.54, 1.807) is 7.06 Å². The van der Waals surface area contributed by atoms with Gasteiger partial charge < -0.3 is 0 Å². The molecule has 0 unspecified atom stereocenters. The molecule has 0 atom stereocenters. The molecule has 75 valence electrons. The summed E-state index contributed by atoms with van der Waals surface area (Å²) in [5, 5.41) is 0. The summed E-state index contributed by atoms with van der Waals surface area (Å²) in [6.07, 6.45) is -8.86. The van der Waals surface area contributed by atoms with Gasteiger partial charge in [0.15, 0.2) is 0 Å². The van der Waals surface area contributed by atoms with Crippen LogP contribution in [-0.4, -0.2) is 178 Å². The topological polar surface area (TPSA) is 0 Å². The average molecular weight is 270 g/mol. The van der Waals surface area contributed by atoms with Crippen molar-refractivity contribution >= 4 is 178 Å². The number of hydrogen-bond acceptors (Lipinski definition) is 0. The second kappa shape index (κ2) is 12.2. The fraction of sp³-hybridized carbons (Fsp3) is 0. The lowest BCUT2D eigenvalue weighted by atomic mass is 8.40. The van der Waals surface area contributed by atoms with E-state index in [0.29, 0.717) is 0 Å². The van der Waals surface area contributed by atoms with Crippen LogP contribution in [0.4, 0.5) is 0 Å². The van der Waals surface area contributed by atoms with Crippen molar-refractivity contribution in [2.45, 2.75) is 0 Å². The summed E-state index contributed by atoms with van der Waals surface area (Å²) in [5.74, 6) is 0. The Bertz CT molecular complexity index is 298. The van der Waals surface area contributed by atoms with Gasteiger partial charge in [0, 0.05) is 178 Å². The van der Waals surface area contributed by atoms with Crippen molar-refractivity contribution < 1.29 is 0 Å². The molecule has 0 aromatic rings. The van der Waals surface area contributed by atoms with E-state index in [9.17, 15) is 0 Å². The maximum absolute atomic E-state index is 6.02. The largest absolute Gasteiger partial charge is 0 e. The summed E-state index contributed by atoms with van der Waals surface area (Å²) in [7, 11) is 77.5. The van der Waals surface area contributed by atoms with Crippen LogP contribution in [0.15, 0.2) is 0 Å². The third kappa shape index (κ3) is 8.25. The van der Waals surface area contributed by atoms with Crippen LogP contribution in [0.1, 0.15) is 0 Å². The van der Waals surface area contributed by atoms with Gasteiger partial charge in [0.2, 0.25) is 0 Å². The molecule has 0 bridgehead atoms. The third-order valence-electron chi connectivity index (χ3n) is 4.44. The Hall–Kier alpha value is 1.62. The van der Waals surface area contributed by atoms with Crippen molar-refractivity contribution in [3.8, 4) is 0 Å². The summed E-state index contributed by atoms with van der Waals surface area (Å²) in [5.41, 5.74) is 0. The van der Waals surface area contributed by atoms with Crippen LogP contribution in [0.3, 0.4) is 0 Å². The molecule has 0 aliphatic rings. The second-order valence-corrected chi connectivity index (χ2v) is 6.54. The Kier molecular flexibility index (Phi) is 13.0. The Morgan fingerprint density at radius 3 is 0.880 bits per heavy atom. The van der Waals surface area contributed by atoms with E-state index in [2.05, 4.69) is 0 Å². The molecule has 0 aliphatic heterocycles. The van der Waals surface area contributed by atoms with Crippen LogP contribution < -0.4 is 0 Å². The third-order valence-corrected chi connectivity index (χ3v) is 4.44. The van der Waals surface area contributed by atoms with E-state index in [-0.39, 0.29) is 0 Å². The molecule has 25 heteroatoms. The fourth-order valence-electron chi connectivity index (χ4n) is 3.08. The first kappa shape index (κ1) is 26.6. The van der Waals surface area contributed by atoms with Gasteiger partial charge in [-0.2, -0.15) is 0 Å². The maximum atomic E-state index is 6.02. The summed E-state index contributed by atoms with van der Waals surface area (Å²) in [6.45, 7) is 0.